The number of ether oxygens (including phenoxy) is 1. The molecule has 0 aromatic heterocycles. The largest absolute Gasteiger partial charge is 0.481 e. The number of likely N-dealkylation sites (tertiary alicyclic amines) is 1. The molecule has 9 nitrogen and oxygen atoms in total. The smallest absolute Gasteiger partial charge is 0.308 e. The van der Waals surface area contributed by atoms with E-state index in [1.807, 2.05) is 0 Å². The number of nitrogens with zero attached hydrogens (tertiary/aromatic N) is 3. The summed E-state index contributed by atoms with van der Waals surface area (Å²) in [4.78, 5) is 45.8. The van der Waals surface area contributed by atoms with Crippen LogP contribution in [0.3, 0.4) is 0 Å². The quantitative estimate of drug-likeness (QED) is 0.280. The zero-order valence-electron chi connectivity index (χ0n) is 20.5. The lowest BCUT2D eigenvalue weighted by molar-refractivity contribution is -0.148. The third-order valence-corrected chi connectivity index (χ3v) is 10.0. The molecule has 4 fully saturated rings. The number of aliphatic carboxylic acids is 1. The highest BCUT2D eigenvalue weighted by Crippen LogP contribution is 2.66. The summed E-state index contributed by atoms with van der Waals surface area (Å²) in [5.41, 5.74) is 0. The number of carboxylic acid groups (broad SMARTS) is 1. The Hall–Kier alpha value is -1.62. The van der Waals surface area contributed by atoms with Crippen molar-refractivity contribution in [3.05, 3.63) is 12.7 Å². The predicted molar refractivity (Wildman–Crippen MR) is 133 cm³/mol. The van der Waals surface area contributed by atoms with Crippen LogP contribution in [0.5, 0.6) is 0 Å². The number of unbranched alkanes of at least 4 members (excludes halogenated alkanes) is 3. The number of aliphatic hydroxyl groups excluding tert-OH is 1. The van der Waals surface area contributed by atoms with Gasteiger partial charge in [0.2, 0.25) is 11.8 Å². The Labute approximate surface area is 211 Å². The molecule has 196 valence electrons. The standard InChI is InChI=1S/C25H39N3O6S/c1-2-9-27(12-11-26-13-16-34-17-14-26)23(31)21-25-8-7-18(35-25)19(24(32)33)20(25)22(30)28(21)10-5-3-4-6-15-29/h2,18-21,29H,1,3-17H2,(H,32,33)/t18-,19+,20+,21?,25?/m1/s1. The maximum absolute atomic E-state index is 14.1. The maximum atomic E-state index is 14.1. The Morgan fingerprint density at radius 1 is 1.20 bits per heavy atom. The molecule has 2 bridgehead atoms. The van der Waals surface area contributed by atoms with E-state index in [2.05, 4.69) is 11.5 Å². The van der Waals surface area contributed by atoms with Crippen molar-refractivity contribution in [2.24, 2.45) is 11.8 Å². The number of morpholine rings is 1. The normalized spacial score (nSPS) is 32.1. The third-order valence-electron chi connectivity index (χ3n) is 8.08. The molecule has 4 rings (SSSR count). The number of thioether (sulfide) groups is 1. The van der Waals surface area contributed by atoms with E-state index in [9.17, 15) is 19.5 Å². The monoisotopic (exact) mass is 509 g/mol. The summed E-state index contributed by atoms with van der Waals surface area (Å²) in [6.07, 6.45) is 6.33. The number of amides is 2. The van der Waals surface area contributed by atoms with E-state index in [4.69, 9.17) is 9.84 Å². The fourth-order valence-corrected chi connectivity index (χ4v) is 8.62. The van der Waals surface area contributed by atoms with Crippen molar-refractivity contribution in [2.75, 3.05) is 59.1 Å². The zero-order chi connectivity index (χ0) is 25.0. The molecule has 5 atom stereocenters. The molecule has 1 spiro atoms. The summed E-state index contributed by atoms with van der Waals surface area (Å²) in [5.74, 6) is -2.53. The van der Waals surface area contributed by atoms with Gasteiger partial charge in [-0.2, -0.15) is 0 Å². The van der Waals surface area contributed by atoms with Crippen LogP contribution in [-0.4, -0.2) is 118 Å². The second-order valence-electron chi connectivity index (χ2n) is 10.1. The highest BCUT2D eigenvalue weighted by atomic mass is 32.2. The number of rotatable bonds is 13. The van der Waals surface area contributed by atoms with Gasteiger partial charge in [0.1, 0.15) is 6.04 Å². The molecule has 0 aromatic rings. The zero-order valence-corrected chi connectivity index (χ0v) is 21.3. The van der Waals surface area contributed by atoms with E-state index in [-0.39, 0.29) is 23.7 Å². The Morgan fingerprint density at radius 3 is 2.63 bits per heavy atom. The van der Waals surface area contributed by atoms with E-state index in [1.54, 1.807) is 27.6 Å². The summed E-state index contributed by atoms with van der Waals surface area (Å²) in [5, 5.41) is 18.9. The molecular formula is C25H39N3O6S. The molecule has 2 N–H and O–H groups in total. The van der Waals surface area contributed by atoms with Gasteiger partial charge < -0.3 is 24.7 Å². The number of hydrogen-bond acceptors (Lipinski definition) is 7. The van der Waals surface area contributed by atoms with E-state index in [1.165, 1.54) is 0 Å². The van der Waals surface area contributed by atoms with Crippen LogP contribution in [-0.2, 0) is 19.1 Å². The van der Waals surface area contributed by atoms with Crippen LogP contribution >= 0.6 is 11.8 Å². The number of carboxylic acids is 1. The van der Waals surface area contributed by atoms with Gasteiger partial charge in [-0.3, -0.25) is 19.3 Å². The molecule has 0 radical (unpaired) electrons. The first-order valence-corrected chi connectivity index (χ1v) is 13.8. The van der Waals surface area contributed by atoms with Crippen LogP contribution in [0.25, 0.3) is 0 Å². The number of carbonyl (C=O) groups excluding carboxylic acids is 2. The Morgan fingerprint density at radius 2 is 1.94 bits per heavy atom. The Kier molecular flexibility index (Phi) is 8.78. The van der Waals surface area contributed by atoms with Crippen molar-refractivity contribution in [1.29, 1.82) is 0 Å². The van der Waals surface area contributed by atoms with Crippen molar-refractivity contribution in [2.45, 2.75) is 54.6 Å². The number of aliphatic hydroxyl groups is 1. The summed E-state index contributed by atoms with van der Waals surface area (Å²) < 4.78 is 4.77. The molecule has 2 unspecified atom stereocenters. The number of hydrogen-bond donors (Lipinski definition) is 2. The van der Waals surface area contributed by atoms with Crippen molar-refractivity contribution >= 4 is 29.5 Å². The van der Waals surface area contributed by atoms with Gasteiger partial charge in [0.15, 0.2) is 0 Å². The number of fused-ring (bicyclic) bond motifs is 1. The molecule has 0 aliphatic carbocycles. The summed E-state index contributed by atoms with van der Waals surface area (Å²) in [7, 11) is 0. The van der Waals surface area contributed by atoms with Gasteiger partial charge in [-0.15, -0.1) is 18.3 Å². The second-order valence-corrected chi connectivity index (χ2v) is 11.7. The lowest BCUT2D eigenvalue weighted by Crippen LogP contribution is -2.56. The summed E-state index contributed by atoms with van der Waals surface area (Å²) in [6, 6.07) is -0.637. The molecule has 4 heterocycles. The van der Waals surface area contributed by atoms with Crippen molar-refractivity contribution < 1.29 is 29.3 Å². The third kappa shape index (κ3) is 5.12. The van der Waals surface area contributed by atoms with Crippen LogP contribution in [0.1, 0.15) is 38.5 Å². The van der Waals surface area contributed by atoms with E-state index < -0.39 is 28.6 Å². The van der Waals surface area contributed by atoms with Crippen LogP contribution in [0, 0.1) is 11.8 Å². The predicted octanol–water partition coefficient (Wildman–Crippen LogP) is 1.06. The second kappa shape index (κ2) is 11.6. The molecule has 4 aliphatic heterocycles. The van der Waals surface area contributed by atoms with Crippen molar-refractivity contribution in [3.63, 3.8) is 0 Å². The molecule has 4 aliphatic rings. The van der Waals surface area contributed by atoms with Gasteiger partial charge >= 0.3 is 5.97 Å². The Balaban J connectivity index is 1.56. The average molecular weight is 510 g/mol. The van der Waals surface area contributed by atoms with Gasteiger partial charge in [-0.25, -0.2) is 0 Å². The lowest BCUT2D eigenvalue weighted by atomic mass is 9.71. The highest BCUT2D eigenvalue weighted by molar-refractivity contribution is 8.02. The topological polar surface area (TPSA) is 111 Å². The van der Waals surface area contributed by atoms with Gasteiger partial charge in [0, 0.05) is 51.1 Å². The van der Waals surface area contributed by atoms with E-state index >= 15 is 0 Å². The van der Waals surface area contributed by atoms with Gasteiger partial charge in [-0.05, 0) is 25.7 Å². The number of carbonyl (C=O) groups is 3. The average Bonchev–Trinajstić information content (AvgIpc) is 3.49. The molecule has 4 saturated heterocycles. The first-order valence-electron chi connectivity index (χ1n) is 13.0. The first kappa shape index (κ1) is 26.4. The van der Waals surface area contributed by atoms with E-state index in [0.29, 0.717) is 39.3 Å². The minimum absolute atomic E-state index is 0.0800. The maximum Gasteiger partial charge on any atom is 0.308 e. The molecule has 0 aromatic carbocycles. The molecule has 10 heteroatoms. The van der Waals surface area contributed by atoms with Crippen LogP contribution in [0.15, 0.2) is 12.7 Å². The van der Waals surface area contributed by atoms with Gasteiger partial charge in [0.05, 0.1) is 29.8 Å². The molecular weight excluding hydrogens is 470 g/mol. The van der Waals surface area contributed by atoms with Crippen LogP contribution in [0.2, 0.25) is 0 Å². The van der Waals surface area contributed by atoms with Gasteiger partial charge in [0.25, 0.3) is 0 Å². The SMILES string of the molecule is C=CCN(CCN1CCOCC1)C(=O)C1N(CCCCCCO)C(=O)[C@@H]2[C@@H](C(=O)O)[C@H]3CCC12S3. The highest BCUT2D eigenvalue weighted by Gasteiger charge is 2.73. The summed E-state index contributed by atoms with van der Waals surface area (Å²) in [6.45, 7) is 9.16. The van der Waals surface area contributed by atoms with Crippen molar-refractivity contribution in [3.8, 4) is 0 Å². The minimum atomic E-state index is -0.923. The molecule has 0 saturated carbocycles. The minimum Gasteiger partial charge on any atom is -0.481 e. The lowest BCUT2D eigenvalue weighted by Gasteiger charge is -2.38. The first-order chi connectivity index (χ1) is 16.9. The van der Waals surface area contributed by atoms with Crippen molar-refractivity contribution in [1.82, 2.24) is 14.7 Å². The van der Waals surface area contributed by atoms with Crippen LogP contribution < -0.4 is 0 Å². The van der Waals surface area contributed by atoms with Crippen LogP contribution in [0.4, 0.5) is 0 Å². The molecule has 2 amide bonds. The summed E-state index contributed by atoms with van der Waals surface area (Å²) >= 11 is 1.58. The molecule has 35 heavy (non-hydrogen) atoms. The van der Waals surface area contributed by atoms with Gasteiger partial charge in [-0.1, -0.05) is 18.9 Å². The Bertz CT molecular complexity index is 806. The van der Waals surface area contributed by atoms with E-state index in [0.717, 1.165) is 51.7 Å². The fourth-order valence-electron chi connectivity index (χ4n) is 6.41. The fraction of sp³-hybridized carbons (Fsp3) is 0.800.